The number of carboxylic acids is 1. The fraction of sp³-hybridized carbons (Fsp3) is 0.385. The Morgan fingerprint density at radius 3 is 2.44 bits per heavy atom. The van der Waals surface area contributed by atoms with E-state index in [0.29, 0.717) is 11.8 Å². The van der Waals surface area contributed by atoms with Gasteiger partial charge in [0.25, 0.3) is 0 Å². The maximum absolute atomic E-state index is 11.6. The summed E-state index contributed by atoms with van der Waals surface area (Å²) in [4.78, 5) is 22.3. The average molecular weight is 267 g/mol. The van der Waals surface area contributed by atoms with Crippen molar-refractivity contribution < 1.29 is 14.7 Å². The highest BCUT2D eigenvalue weighted by molar-refractivity contribution is 7.99. The van der Waals surface area contributed by atoms with Gasteiger partial charge < -0.3 is 10.4 Å². The summed E-state index contributed by atoms with van der Waals surface area (Å²) in [6, 6.07) is 6.35. The van der Waals surface area contributed by atoms with Crippen LogP contribution in [0.4, 0.5) is 0 Å². The summed E-state index contributed by atoms with van der Waals surface area (Å²) >= 11 is 1.70. The minimum absolute atomic E-state index is 0.0426. The van der Waals surface area contributed by atoms with Crippen LogP contribution in [0.3, 0.4) is 0 Å². The van der Waals surface area contributed by atoms with Crippen molar-refractivity contribution in [2.24, 2.45) is 0 Å². The number of thioether (sulfide) groups is 1. The van der Waals surface area contributed by atoms with Crippen LogP contribution in [0.15, 0.2) is 24.3 Å². The molecule has 0 saturated heterocycles. The molecule has 98 valence electrons. The molecule has 1 aromatic carbocycles. The predicted molar refractivity (Wildman–Crippen MR) is 73.1 cm³/mol. The molecule has 1 unspecified atom stereocenters. The number of hydrogen-bond donors (Lipinski definition) is 2. The molecule has 1 atom stereocenters. The van der Waals surface area contributed by atoms with E-state index < -0.39 is 5.97 Å². The molecule has 5 heteroatoms. The van der Waals surface area contributed by atoms with Crippen LogP contribution in [0.1, 0.15) is 22.8 Å². The third-order valence-electron chi connectivity index (χ3n) is 2.55. The van der Waals surface area contributed by atoms with Crippen LogP contribution < -0.4 is 5.32 Å². The normalized spacial score (nSPS) is 11.9. The third-order valence-corrected chi connectivity index (χ3v) is 3.53. The van der Waals surface area contributed by atoms with E-state index in [1.165, 1.54) is 12.1 Å². The fourth-order valence-corrected chi connectivity index (χ4v) is 1.60. The van der Waals surface area contributed by atoms with Gasteiger partial charge in [0.05, 0.1) is 12.0 Å². The van der Waals surface area contributed by atoms with Gasteiger partial charge in [-0.2, -0.15) is 11.8 Å². The number of carboxylic acid groups (broad SMARTS) is 1. The van der Waals surface area contributed by atoms with Crippen molar-refractivity contribution in [2.75, 3.05) is 12.8 Å². The molecule has 0 radical (unpaired) electrons. The second-order valence-corrected chi connectivity index (χ2v) is 5.31. The number of carbonyl (C=O) groups is 2. The average Bonchev–Trinajstić information content (AvgIpc) is 2.36. The van der Waals surface area contributed by atoms with Crippen LogP contribution in [0.25, 0.3) is 0 Å². The van der Waals surface area contributed by atoms with Gasteiger partial charge in [-0.1, -0.05) is 19.1 Å². The first-order valence-corrected chi connectivity index (χ1v) is 6.93. The lowest BCUT2D eigenvalue weighted by molar-refractivity contribution is -0.120. The zero-order valence-electron chi connectivity index (χ0n) is 10.5. The Kier molecular flexibility index (Phi) is 5.71. The summed E-state index contributed by atoms with van der Waals surface area (Å²) < 4.78 is 0. The standard InChI is InChI=1S/C13H17NO3S/c1-9(18-2)8-14-12(15)7-10-3-5-11(6-4-10)13(16)17/h3-6,9H,7-8H2,1-2H3,(H,14,15)(H,16,17). The molecule has 0 fully saturated rings. The molecule has 0 heterocycles. The zero-order chi connectivity index (χ0) is 13.5. The number of nitrogens with one attached hydrogen (secondary N) is 1. The van der Waals surface area contributed by atoms with Crippen molar-refractivity contribution >= 4 is 23.6 Å². The molecule has 1 rings (SSSR count). The highest BCUT2D eigenvalue weighted by Gasteiger charge is 2.07. The van der Waals surface area contributed by atoms with Crippen LogP contribution in [-0.4, -0.2) is 35.0 Å². The summed E-state index contributed by atoms with van der Waals surface area (Å²) in [5.41, 5.74) is 1.05. The lowest BCUT2D eigenvalue weighted by Crippen LogP contribution is -2.30. The van der Waals surface area contributed by atoms with Gasteiger partial charge in [0.1, 0.15) is 0 Å². The number of amides is 1. The maximum Gasteiger partial charge on any atom is 0.335 e. The number of carbonyl (C=O) groups excluding carboxylic acids is 1. The highest BCUT2D eigenvalue weighted by atomic mass is 32.2. The number of rotatable bonds is 6. The second kappa shape index (κ2) is 7.06. The molecular weight excluding hydrogens is 250 g/mol. The minimum atomic E-state index is -0.959. The van der Waals surface area contributed by atoms with Gasteiger partial charge in [0.2, 0.25) is 5.91 Å². The van der Waals surface area contributed by atoms with Gasteiger partial charge in [-0.3, -0.25) is 4.79 Å². The first-order valence-electron chi connectivity index (χ1n) is 5.64. The number of hydrogen-bond acceptors (Lipinski definition) is 3. The van der Waals surface area contributed by atoms with E-state index in [0.717, 1.165) is 5.56 Å². The van der Waals surface area contributed by atoms with E-state index in [9.17, 15) is 9.59 Å². The van der Waals surface area contributed by atoms with Gasteiger partial charge in [-0.25, -0.2) is 4.79 Å². The van der Waals surface area contributed by atoms with Crippen LogP contribution in [-0.2, 0) is 11.2 Å². The SMILES string of the molecule is CSC(C)CNC(=O)Cc1ccc(C(=O)O)cc1. The summed E-state index contributed by atoms with van der Waals surface area (Å²) in [5.74, 6) is -1.00. The fourth-order valence-electron chi connectivity index (χ4n) is 1.35. The Labute approximate surface area is 111 Å². The quantitative estimate of drug-likeness (QED) is 0.824. The second-order valence-electron chi connectivity index (χ2n) is 4.03. The van der Waals surface area contributed by atoms with Crippen LogP contribution >= 0.6 is 11.8 Å². The van der Waals surface area contributed by atoms with Crippen molar-refractivity contribution in [2.45, 2.75) is 18.6 Å². The molecule has 0 saturated carbocycles. The van der Waals surface area contributed by atoms with Crippen molar-refractivity contribution in [3.8, 4) is 0 Å². The molecule has 4 nitrogen and oxygen atoms in total. The lowest BCUT2D eigenvalue weighted by atomic mass is 10.1. The Morgan fingerprint density at radius 1 is 1.33 bits per heavy atom. The van der Waals surface area contributed by atoms with Crippen molar-refractivity contribution in [3.63, 3.8) is 0 Å². The Hall–Kier alpha value is -1.49. The van der Waals surface area contributed by atoms with Crippen molar-refractivity contribution in [1.82, 2.24) is 5.32 Å². The van der Waals surface area contributed by atoms with Gasteiger partial charge in [0.15, 0.2) is 0 Å². The van der Waals surface area contributed by atoms with Crippen LogP contribution in [0.5, 0.6) is 0 Å². The zero-order valence-corrected chi connectivity index (χ0v) is 11.3. The van der Waals surface area contributed by atoms with Crippen LogP contribution in [0, 0.1) is 0 Å². The van der Waals surface area contributed by atoms with E-state index in [4.69, 9.17) is 5.11 Å². The third kappa shape index (κ3) is 4.79. The van der Waals surface area contributed by atoms with E-state index in [-0.39, 0.29) is 17.9 Å². The van der Waals surface area contributed by atoms with Gasteiger partial charge >= 0.3 is 5.97 Å². The largest absolute Gasteiger partial charge is 0.478 e. The smallest absolute Gasteiger partial charge is 0.335 e. The van der Waals surface area contributed by atoms with Gasteiger partial charge in [0, 0.05) is 11.8 Å². The molecule has 0 aliphatic rings. The first kappa shape index (κ1) is 14.6. The van der Waals surface area contributed by atoms with E-state index in [1.54, 1.807) is 23.9 Å². The summed E-state index contributed by atoms with van der Waals surface area (Å²) in [7, 11) is 0. The molecule has 2 N–H and O–H groups in total. The predicted octanol–water partition coefficient (Wildman–Crippen LogP) is 1.80. The molecule has 0 spiro atoms. The topological polar surface area (TPSA) is 66.4 Å². The summed E-state index contributed by atoms with van der Waals surface area (Å²) in [5, 5.41) is 12.0. The maximum atomic E-state index is 11.6. The molecule has 0 aliphatic carbocycles. The summed E-state index contributed by atoms with van der Waals surface area (Å²) in [6.07, 6.45) is 2.28. The molecular formula is C13H17NO3S. The molecule has 1 aromatic rings. The molecule has 18 heavy (non-hydrogen) atoms. The van der Waals surface area contributed by atoms with Crippen molar-refractivity contribution in [3.05, 3.63) is 35.4 Å². The Bertz CT molecular complexity index is 417. The van der Waals surface area contributed by atoms with E-state index in [2.05, 4.69) is 5.32 Å². The molecule has 1 amide bonds. The Morgan fingerprint density at radius 2 is 1.94 bits per heavy atom. The number of benzene rings is 1. The number of aromatic carboxylic acids is 1. The lowest BCUT2D eigenvalue weighted by Gasteiger charge is -2.09. The van der Waals surface area contributed by atoms with E-state index >= 15 is 0 Å². The van der Waals surface area contributed by atoms with Crippen molar-refractivity contribution in [1.29, 1.82) is 0 Å². The van der Waals surface area contributed by atoms with Gasteiger partial charge in [-0.05, 0) is 24.0 Å². The van der Waals surface area contributed by atoms with Crippen LogP contribution in [0.2, 0.25) is 0 Å². The monoisotopic (exact) mass is 267 g/mol. The molecule has 0 aliphatic heterocycles. The molecule has 0 bridgehead atoms. The minimum Gasteiger partial charge on any atom is -0.478 e. The first-order chi connectivity index (χ1) is 8.52. The van der Waals surface area contributed by atoms with Gasteiger partial charge in [-0.15, -0.1) is 0 Å². The van der Waals surface area contributed by atoms with E-state index in [1.807, 2.05) is 13.2 Å². The Balaban J connectivity index is 2.47. The highest BCUT2D eigenvalue weighted by Crippen LogP contribution is 2.06. The summed E-state index contributed by atoms with van der Waals surface area (Å²) in [6.45, 7) is 2.69. The molecule has 0 aromatic heterocycles.